The molecule has 2 N–H and O–H groups in total. The van der Waals surface area contributed by atoms with E-state index < -0.39 is 0 Å². The van der Waals surface area contributed by atoms with Gasteiger partial charge in [-0.3, -0.25) is 4.68 Å². The molecule has 1 atom stereocenters. The van der Waals surface area contributed by atoms with Gasteiger partial charge in [-0.25, -0.2) is 4.79 Å². The largest absolute Gasteiger partial charge is 0.423 e. The van der Waals surface area contributed by atoms with E-state index in [1.54, 1.807) is 18.3 Å². The lowest BCUT2D eigenvalue weighted by Crippen LogP contribution is -2.22. The number of nitrogens with zero attached hydrogens (tertiary/aromatic N) is 2. The molecule has 92 valence electrons. The van der Waals surface area contributed by atoms with Crippen molar-refractivity contribution in [2.45, 2.75) is 19.5 Å². The number of aromatic nitrogens is 2. The van der Waals surface area contributed by atoms with Crippen molar-refractivity contribution in [1.29, 1.82) is 0 Å². The summed E-state index contributed by atoms with van der Waals surface area (Å²) >= 11 is 0. The van der Waals surface area contributed by atoms with Gasteiger partial charge in [-0.2, -0.15) is 5.10 Å². The van der Waals surface area contributed by atoms with E-state index in [1.807, 2.05) is 17.7 Å². The van der Waals surface area contributed by atoms with E-state index in [2.05, 4.69) is 5.10 Å². The van der Waals surface area contributed by atoms with Gasteiger partial charge < -0.3 is 10.2 Å². The molecule has 0 spiro atoms. The number of hydrogen-bond donors (Lipinski definition) is 1. The van der Waals surface area contributed by atoms with Crippen molar-refractivity contribution in [3.63, 3.8) is 0 Å². The average Bonchev–Trinajstić information content (AvgIpc) is 2.71. The summed E-state index contributed by atoms with van der Waals surface area (Å²) < 4.78 is 7.02. The molecule has 2 heterocycles. The third kappa shape index (κ3) is 1.69. The normalized spacial score (nSPS) is 13.2. The summed E-state index contributed by atoms with van der Waals surface area (Å²) in [4.78, 5) is 11.2. The van der Waals surface area contributed by atoms with Gasteiger partial charge in [0, 0.05) is 22.9 Å². The molecule has 0 saturated heterocycles. The van der Waals surface area contributed by atoms with Gasteiger partial charge in [-0.05, 0) is 25.1 Å². The van der Waals surface area contributed by atoms with Crippen molar-refractivity contribution in [2.75, 3.05) is 0 Å². The van der Waals surface area contributed by atoms with Crippen LogP contribution in [0.5, 0.6) is 0 Å². The van der Waals surface area contributed by atoms with Crippen LogP contribution in [0.25, 0.3) is 21.9 Å². The Bertz CT molecular complexity index is 771. The quantitative estimate of drug-likeness (QED) is 0.692. The summed E-state index contributed by atoms with van der Waals surface area (Å²) in [5.74, 6) is 0. The lowest BCUT2D eigenvalue weighted by molar-refractivity contribution is 0.551. The zero-order valence-electron chi connectivity index (χ0n) is 9.96. The molecule has 3 aromatic rings. The first-order valence-corrected chi connectivity index (χ1v) is 5.79. The minimum atomic E-state index is -0.347. The molecule has 0 fully saturated rings. The highest BCUT2D eigenvalue weighted by Gasteiger charge is 2.09. The first-order valence-electron chi connectivity index (χ1n) is 5.79. The summed E-state index contributed by atoms with van der Waals surface area (Å²) in [5.41, 5.74) is 6.98. The monoisotopic (exact) mass is 243 g/mol. The van der Waals surface area contributed by atoms with Crippen LogP contribution < -0.4 is 11.4 Å². The van der Waals surface area contributed by atoms with Crippen LogP contribution in [0, 0.1) is 0 Å². The first-order chi connectivity index (χ1) is 8.65. The van der Waals surface area contributed by atoms with Crippen molar-refractivity contribution in [2.24, 2.45) is 5.73 Å². The van der Waals surface area contributed by atoms with Gasteiger partial charge in [0.05, 0.1) is 18.3 Å². The summed E-state index contributed by atoms with van der Waals surface area (Å²) in [7, 11) is 0. The van der Waals surface area contributed by atoms with Gasteiger partial charge in [0.2, 0.25) is 0 Å². The average molecular weight is 243 g/mol. The van der Waals surface area contributed by atoms with E-state index in [1.165, 1.54) is 6.07 Å². The minimum Gasteiger partial charge on any atom is -0.423 e. The van der Waals surface area contributed by atoms with E-state index in [-0.39, 0.29) is 11.7 Å². The molecule has 0 bridgehead atoms. The molecular formula is C13H13N3O2. The van der Waals surface area contributed by atoms with Gasteiger partial charge in [0.25, 0.3) is 0 Å². The van der Waals surface area contributed by atoms with Crippen LogP contribution in [-0.4, -0.2) is 15.8 Å². The second-order valence-corrected chi connectivity index (χ2v) is 4.47. The van der Waals surface area contributed by atoms with Gasteiger partial charge in [0.15, 0.2) is 0 Å². The van der Waals surface area contributed by atoms with Crippen LogP contribution in [0.2, 0.25) is 0 Å². The second-order valence-electron chi connectivity index (χ2n) is 4.47. The molecule has 0 aliphatic carbocycles. The Hall–Kier alpha value is -2.14. The van der Waals surface area contributed by atoms with Crippen LogP contribution in [0.1, 0.15) is 6.92 Å². The first kappa shape index (κ1) is 11.0. The second kappa shape index (κ2) is 3.96. The predicted octanol–water partition coefficient (Wildman–Crippen LogP) is 1.49. The lowest BCUT2D eigenvalue weighted by atomic mass is 10.1. The topological polar surface area (TPSA) is 74.1 Å². The number of nitrogens with two attached hydrogens (primary N) is 1. The van der Waals surface area contributed by atoms with Crippen molar-refractivity contribution in [3.05, 3.63) is 40.9 Å². The highest BCUT2D eigenvalue weighted by atomic mass is 16.4. The number of hydrogen-bond acceptors (Lipinski definition) is 4. The van der Waals surface area contributed by atoms with Crippen molar-refractivity contribution in [1.82, 2.24) is 9.78 Å². The fourth-order valence-electron chi connectivity index (χ4n) is 2.14. The molecule has 3 rings (SSSR count). The molecule has 5 heteroatoms. The molecular weight excluding hydrogens is 230 g/mol. The maximum absolute atomic E-state index is 11.2. The van der Waals surface area contributed by atoms with E-state index in [9.17, 15) is 4.79 Å². The summed E-state index contributed by atoms with van der Waals surface area (Å²) in [6.45, 7) is 2.56. The summed E-state index contributed by atoms with van der Waals surface area (Å²) in [6, 6.07) is 6.88. The Morgan fingerprint density at radius 2 is 2.22 bits per heavy atom. The Kier molecular flexibility index (Phi) is 2.41. The molecule has 0 radical (unpaired) electrons. The Labute approximate surface area is 103 Å². The van der Waals surface area contributed by atoms with Crippen molar-refractivity contribution < 1.29 is 4.42 Å². The van der Waals surface area contributed by atoms with Crippen LogP contribution in [0.3, 0.4) is 0 Å². The molecule has 0 saturated carbocycles. The highest BCUT2D eigenvalue weighted by molar-refractivity contribution is 6.03. The molecule has 0 aliphatic heterocycles. The van der Waals surface area contributed by atoms with Gasteiger partial charge in [-0.15, -0.1) is 0 Å². The number of benzene rings is 1. The summed E-state index contributed by atoms with van der Waals surface area (Å²) in [5, 5.41) is 6.22. The predicted molar refractivity (Wildman–Crippen MR) is 69.4 cm³/mol. The molecule has 2 aromatic heterocycles. The van der Waals surface area contributed by atoms with Gasteiger partial charge in [0.1, 0.15) is 5.58 Å². The molecule has 0 amide bonds. The van der Waals surface area contributed by atoms with E-state index >= 15 is 0 Å². The van der Waals surface area contributed by atoms with Crippen LogP contribution in [0.15, 0.2) is 39.7 Å². The Morgan fingerprint density at radius 1 is 1.39 bits per heavy atom. The molecule has 1 aromatic carbocycles. The zero-order valence-corrected chi connectivity index (χ0v) is 9.96. The highest BCUT2D eigenvalue weighted by Crippen LogP contribution is 2.24. The third-order valence-electron chi connectivity index (χ3n) is 2.86. The number of rotatable bonds is 2. The van der Waals surface area contributed by atoms with Gasteiger partial charge >= 0.3 is 5.63 Å². The Balaban J connectivity index is 2.36. The maximum Gasteiger partial charge on any atom is 0.336 e. The van der Waals surface area contributed by atoms with E-state index in [4.69, 9.17) is 10.2 Å². The molecule has 18 heavy (non-hydrogen) atoms. The molecule has 0 aliphatic rings. The van der Waals surface area contributed by atoms with Gasteiger partial charge in [-0.1, -0.05) is 0 Å². The van der Waals surface area contributed by atoms with Crippen molar-refractivity contribution in [3.8, 4) is 0 Å². The lowest BCUT2D eigenvalue weighted by Gasteiger charge is -2.08. The third-order valence-corrected chi connectivity index (χ3v) is 2.86. The molecule has 0 unspecified atom stereocenters. The Morgan fingerprint density at radius 3 is 3.00 bits per heavy atom. The zero-order chi connectivity index (χ0) is 12.7. The fraction of sp³-hybridized carbons (Fsp3) is 0.231. The van der Waals surface area contributed by atoms with E-state index in [0.717, 1.165) is 16.3 Å². The van der Waals surface area contributed by atoms with Crippen LogP contribution in [0.4, 0.5) is 0 Å². The summed E-state index contributed by atoms with van der Waals surface area (Å²) in [6.07, 6.45) is 1.79. The fourth-order valence-corrected chi connectivity index (χ4v) is 2.14. The van der Waals surface area contributed by atoms with Crippen LogP contribution in [-0.2, 0) is 6.54 Å². The van der Waals surface area contributed by atoms with E-state index in [0.29, 0.717) is 12.1 Å². The number of fused-ring (bicyclic) bond motifs is 3. The standard InChI is InChI=1S/C13H13N3O2/c1-8(14)7-16-13-9(6-15-16)2-4-11-10(13)3-5-12(17)18-11/h2-6,8H,7,14H2,1H3/t8-/m0/s1. The molecule has 5 nitrogen and oxygen atoms in total. The van der Waals surface area contributed by atoms with Crippen molar-refractivity contribution >= 4 is 21.9 Å². The SMILES string of the molecule is C[C@H](N)Cn1ncc2ccc3oc(=O)ccc3c21. The minimum absolute atomic E-state index is 0.0130. The maximum atomic E-state index is 11.2. The smallest absolute Gasteiger partial charge is 0.336 e. The van der Waals surface area contributed by atoms with Crippen LogP contribution >= 0.6 is 0 Å².